The van der Waals surface area contributed by atoms with Gasteiger partial charge in [0.15, 0.2) is 11.5 Å². The van der Waals surface area contributed by atoms with Gasteiger partial charge in [0.25, 0.3) is 5.91 Å². The van der Waals surface area contributed by atoms with Gasteiger partial charge >= 0.3 is 6.18 Å². The average Bonchev–Trinajstić information content (AvgIpc) is 3.50. The van der Waals surface area contributed by atoms with E-state index in [1.165, 1.54) is 22.9 Å². The van der Waals surface area contributed by atoms with Crippen molar-refractivity contribution < 1.29 is 22.4 Å². The molecule has 0 fully saturated rings. The molecular weight excluding hydrogens is 470 g/mol. The second-order valence-corrected chi connectivity index (χ2v) is 8.43. The number of thiophene rings is 1. The molecule has 172 valence electrons. The zero-order chi connectivity index (χ0) is 23.9. The van der Waals surface area contributed by atoms with E-state index in [0.717, 1.165) is 16.9 Å². The fourth-order valence-corrected chi connectivity index (χ4v) is 4.47. The second-order valence-electron chi connectivity index (χ2n) is 7.40. The molecule has 6 nitrogen and oxygen atoms in total. The highest BCUT2D eigenvalue weighted by Gasteiger charge is 2.38. The van der Waals surface area contributed by atoms with Crippen LogP contribution in [0.3, 0.4) is 0 Å². The Hall–Kier alpha value is -3.99. The number of anilines is 1. The highest BCUT2D eigenvalue weighted by molar-refractivity contribution is 7.20. The number of nitrogens with zero attached hydrogens (tertiary/aromatic N) is 4. The van der Waals surface area contributed by atoms with Crippen LogP contribution in [0.4, 0.5) is 23.4 Å². The van der Waals surface area contributed by atoms with Crippen LogP contribution in [-0.2, 0) is 12.7 Å². The molecule has 2 aromatic carbocycles. The molecule has 0 aliphatic carbocycles. The SMILES string of the molecule is O=C(Nc1ccn(Cc2ccc(F)cc2)n1)c1cc2c(C(F)(F)F)nn(-c3ccccc3)c2s1. The Labute approximate surface area is 194 Å². The molecule has 0 radical (unpaired) electrons. The summed E-state index contributed by atoms with van der Waals surface area (Å²) >= 11 is 0.912. The summed E-state index contributed by atoms with van der Waals surface area (Å²) in [5.74, 6) is -0.684. The highest BCUT2D eigenvalue weighted by Crippen LogP contribution is 2.39. The molecule has 0 aliphatic heterocycles. The molecule has 3 heterocycles. The first-order chi connectivity index (χ1) is 16.3. The molecule has 0 bridgehead atoms. The fraction of sp³-hybridized carbons (Fsp3) is 0.0870. The number of para-hydroxylation sites is 1. The topological polar surface area (TPSA) is 64.7 Å². The Balaban J connectivity index is 1.41. The zero-order valence-corrected chi connectivity index (χ0v) is 18.1. The summed E-state index contributed by atoms with van der Waals surface area (Å²) in [4.78, 5) is 13.1. The summed E-state index contributed by atoms with van der Waals surface area (Å²) in [5, 5.41) is 10.5. The van der Waals surface area contributed by atoms with Crippen LogP contribution in [0.5, 0.6) is 0 Å². The lowest BCUT2D eigenvalue weighted by Crippen LogP contribution is -2.12. The Morgan fingerprint density at radius 2 is 1.74 bits per heavy atom. The number of rotatable bonds is 5. The van der Waals surface area contributed by atoms with E-state index in [1.807, 2.05) is 0 Å². The van der Waals surface area contributed by atoms with Gasteiger partial charge < -0.3 is 5.32 Å². The van der Waals surface area contributed by atoms with Crippen LogP contribution in [0.1, 0.15) is 20.9 Å². The minimum Gasteiger partial charge on any atom is -0.304 e. The predicted molar refractivity (Wildman–Crippen MR) is 120 cm³/mol. The third kappa shape index (κ3) is 4.29. The summed E-state index contributed by atoms with van der Waals surface area (Å²) in [6, 6.07) is 17.1. The first-order valence-corrected chi connectivity index (χ1v) is 10.8. The molecule has 0 spiro atoms. The Bertz CT molecular complexity index is 1470. The van der Waals surface area contributed by atoms with Crippen LogP contribution in [0, 0.1) is 5.82 Å². The maximum atomic E-state index is 13.6. The van der Waals surface area contributed by atoms with Crippen molar-refractivity contribution in [1.29, 1.82) is 0 Å². The summed E-state index contributed by atoms with van der Waals surface area (Å²) in [7, 11) is 0. The minimum atomic E-state index is -4.67. The number of halogens is 4. The van der Waals surface area contributed by atoms with Gasteiger partial charge in [0.1, 0.15) is 10.6 Å². The standard InChI is InChI=1S/C23H15F4N5OS/c24-15-8-6-14(7-9-15)13-31-11-10-19(29-31)28-21(33)18-12-17-20(23(25,26)27)30-32(22(17)34-18)16-4-2-1-3-5-16/h1-12H,13H2,(H,28,29,33). The maximum Gasteiger partial charge on any atom is 0.435 e. The smallest absolute Gasteiger partial charge is 0.304 e. The summed E-state index contributed by atoms with van der Waals surface area (Å²) in [6.07, 6.45) is -3.04. The van der Waals surface area contributed by atoms with E-state index in [9.17, 15) is 22.4 Å². The number of fused-ring (bicyclic) bond motifs is 1. The number of amides is 1. The van der Waals surface area contributed by atoms with Crippen LogP contribution < -0.4 is 5.32 Å². The van der Waals surface area contributed by atoms with E-state index in [2.05, 4.69) is 15.5 Å². The van der Waals surface area contributed by atoms with E-state index >= 15 is 0 Å². The predicted octanol–water partition coefficient (Wildman–Crippen LogP) is 5.74. The summed E-state index contributed by atoms with van der Waals surface area (Å²) < 4.78 is 56.6. The maximum absolute atomic E-state index is 13.6. The summed E-state index contributed by atoms with van der Waals surface area (Å²) in [5.41, 5.74) is 0.221. The first-order valence-electron chi connectivity index (χ1n) is 10.0. The number of nitrogens with one attached hydrogen (secondary N) is 1. The second kappa shape index (κ2) is 8.41. The Morgan fingerprint density at radius 3 is 2.44 bits per heavy atom. The normalized spacial score (nSPS) is 11.8. The molecule has 5 rings (SSSR count). The number of carbonyl (C=O) groups excluding carboxylic acids is 1. The quantitative estimate of drug-likeness (QED) is 0.323. The molecule has 1 amide bonds. The molecule has 1 N–H and O–H groups in total. The minimum absolute atomic E-state index is 0.0932. The van der Waals surface area contributed by atoms with E-state index in [1.54, 1.807) is 59.4 Å². The van der Waals surface area contributed by atoms with E-state index < -0.39 is 17.8 Å². The lowest BCUT2D eigenvalue weighted by molar-refractivity contribution is -0.140. The van der Waals surface area contributed by atoms with Gasteiger partial charge in [-0.25, -0.2) is 9.07 Å². The van der Waals surface area contributed by atoms with Crippen LogP contribution in [0.15, 0.2) is 72.9 Å². The Morgan fingerprint density at radius 1 is 1.00 bits per heavy atom. The van der Waals surface area contributed by atoms with Gasteiger partial charge in [-0.3, -0.25) is 9.48 Å². The average molecular weight is 485 g/mol. The van der Waals surface area contributed by atoms with Crippen LogP contribution in [0.2, 0.25) is 0 Å². The van der Waals surface area contributed by atoms with Crippen LogP contribution in [-0.4, -0.2) is 25.5 Å². The molecular formula is C23H15F4N5OS. The van der Waals surface area contributed by atoms with Crippen LogP contribution in [0.25, 0.3) is 15.9 Å². The molecule has 0 saturated carbocycles. The number of carbonyl (C=O) groups is 1. The molecule has 5 aromatic rings. The largest absolute Gasteiger partial charge is 0.435 e. The van der Waals surface area contributed by atoms with Crippen molar-refractivity contribution in [1.82, 2.24) is 19.6 Å². The van der Waals surface area contributed by atoms with Gasteiger partial charge in [-0.05, 0) is 35.9 Å². The molecule has 0 aliphatic rings. The molecule has 11 heteroatoms. The molecule has 3 aromatic heterocycles. The number of hydrogen-bond acceptors (Lipinski definition) is 4. The zero-order valence-electron chi connectivity index (χ0n) is 17.3. The van der Waals surface area contributed by atoms with Gasteiger partial charge in [-0.2, -0.15) is 23.4 Å². The van der Waals surface area contributed by atoms with Gasteiger partial charge in [-0.1, -0.05) is 30.3 Å². The van der Waals surface area contributed by atoms with Crippen molar-refractivity contribution >= 4 is 33.3 Å². The van der Waals surface area contributed by atoms with Crippen molar-refractivity contribution in [2.45, 2.75) is 12.7 Å². The third-order valence-electron chi connectivity index (χ3n) is 4.99. The first kappa shape index (κ1) is 21.8. The Kier molecular flexibility index (Phi) is 5.40. The number of aromatic nitrogens is 4. The number of benzene rings is 2. The fourth-order valence-electron chi connectivity index (χ4n) is 3.44. The van der Waals surface area contributed by atoms with Gasteiger partial charge in [-0.15, -0.1) is 11.3 Å². The lowest BCUT2D eigenvalue weighted by atomic mass is 10.2. The third-order valence-corrected chi connectivity index (χ3v) is 6.10. The highest BCUT2D eigenvalue weighted by atomic mass is 32.1. The molecule has 0 saturated heterocycles. The van der Waals surface area contributed by atoms with Crippen molar-refractivity contribution in [3.05, 3.63) is 94.9 Å². The van der Waals surface area contributed by atoms with E-state index in [4.69, 9.17) is 0 Å². The van der Waals surface area contributed by atoms with Gasteiger partial charge in [0, 0.05) is 17.6 Å². The van der Waals surface area contributed by atoms with E-state index in [-0.39, 0.29) is 26.7 Å². The van der Waals surface area contributed by atoms with Crippen molar-refractivity contribution in [3.63, 3.8) is 0 Å². The molecule has 0 unspecified atom stereocenters. The number of hydrogen-bond donors (Lipinski definition) is 1. The molecule has 0 atom stereocenters. The van der Waals surface area contributed by atoms with Gasteiger partial charge in [0.2, 0.25) is 0 Å². The van der Waals surface area contributed by atoms with Crippen molar-refractivity contribution in [3.8, 4) is 5.69 Å². The number of alkyl halides is 3. The molecule has 34 heavy (non-hydrogen) atoms. The van der Waals surface area contributed by atoms with Crippen LogP contribution >= 0.6 is 11.3 Å². The van der Waals surface area contributed by atoms with Crippen molar-refractivity contribution in [2.75, 3.05) is 5.32 Å². The lowest BCUT2D eigenvalue weighted by Gasteiger charge is -2.04. The summed E-state index contributed by atoms with van der Waals surface area (Å²) in [6.45, 7) is 0.362. The van der Waals surface area contributed by atoms with E-state index in [0.29, 0.717) is 12.2 Å². The van der Waals surface area contributed by atoms with Gasteiger partial charge in [0.05, 0.1) is 17.1 Å². The monoisotopic (exact) mass is 485 g/mol. The van der Waals surface area contributed by atoms with Crippen molar-refractivity contribution in [2.24, 2.45) is 0 Å².